The van der Waals surface area contributed by atoms with Gasteiger partial charge in [-0.25, -0.2) is 9.59 Å². The molecule has 8 heteroatoms. The number of thiocarbonyl (C=S) groups is 1. The largest absolute Gasteiger partial charge is 0.465 e. The number of aryl methyl sites for hydroxylation is 1. The molecule has 0 atom stereocenters. The van der Waals surface area contributed by atoms with Crippen LogP contribution in [0.25, 0.3) is 5.57 Å². The van der Waals surface area contributed by atoms with E-state index in [1.165, 1.54) is 43.3 Å². The van der Waals surface area contributed by atoms with Crippen LogP contribution < -0.4 is 5.32 Å². The number of esters is 2. The topological polar surface area (TPSA) is 64.6 Å². The number of rotatable bonds is 3. The molecule has 0 aromatic heterocycles. The number of carbonyl (C=O) groups excluding carboxylic acids is 2. The lowest BCUT2D eigenvalue weighted by atomic mass is 9.85. The minimum absolute atomic E-state index is 0.231. The number of carbonyl (C=O) groups is 2. The number of hydrogen-bond acceptors (Lipinski definition) is 8. The molecule has 0 saturated carbocycles. The lowest BCUT2D eigenvalue weighted by molar-refractivity contribution is -0.138. The van der Waals surface area contributed by atoms with Crippen molar-refractivity contribution in [2.75, 3.05) is 19.5 Å². The molecule has 1 aromatic rings. The van der Waals surface area contributed by atoms with E-state index in [0.717, 1.165) is 32.3 Å². The van der Waals surface area contributed by atoms with Gasteiger partial charge in [0.1, 0.15) is 9.81 Å². The van der Waals surface area contributed by atoms with Gasteiger partial charge in [0.2, 0.25) is 0 Å². The van der Waals surface area contributed by atoms with Gasteiger partial charge in [0.25, 0.3) is 0 Å². The average Bonchev–Trinajstić information content (AvgIpc) is 3.12. The second-order valence-corrected chi connectivity index (χ2v) is 9.53. The Balaban J connectivity index is 2.19. The molecule has 0 fully saturated rings. The highest BCUT2D eigenvalue weighted by Crippen LogP contribution is 2.55. The van der Waals surface area contributed by atoms with Crippen LogP contribution >= 0.6 is 35.7 Å². The number of thioether (sulfide) groups is 2. The molecule has 2 aliphatic rings. The van der Waals surface area contributed by atoms with Crippen molar-refractivity contribution in [1.82, 2.24) is 0 Å². The summed E-state index contributed by atoms with van der Waals surface area (Å²) in [5, 5.41) is 3.49. The van der Waals surface area contributed by atoms with Crippen LogP contribution in [0.2, 0.25) is 0 Å². The summed E-state index contributed by atoms with van der Waals surface area (Å²) in [6.45, 7) is 6.14. The molecule has 5 nitrogen and oxygen atoms in total. The molecule has 0 aliphatic carbocycles. The SMILES string of the molecule is CCc1ccc2c(c1)C(=C1SC(C(=O)OC)=C(C(=O)OC)S1)C(=S)C(C)(C)N2. The first-order valence-electron chi connectivity index (χ1n) is 8.70. The van der Waals surface area contributed by atoms with Gasteiger partial charge in [-0.1, -0.05) is 48.7 Å². The van der Waals surface area contributed by atoms with Crippen molar-refractivity contribution in [3.8, 4) is 0 Å². The molecule has 0 saturated heterocycles. The first kappa shape index (κ1) is 21.0. The van der Waals surface area contributed by atoms with Gasteiger partial charge < -0.3 is 14.8 Å². The maximum absolute atomic E-state index is 12.2. The molecule has 0 spiro atoms. The van der Waals surface area contributed by atoms with Crippen molar-refractivity contribution in [3.63, 3.8) is 0 Å². The van der Waals surface area contributed by atoms with E-state index in [9.17, 15) is 9.59 Å². The highest BCUT2D eigenvalue weighted by molar-refractivity contribution is 8.29. The van der Waals surface area contributed by atoms with Crippen molar-refractivity contribution >= 4 is 63.8 Å². The maximum Gasteiger partial charge on any atom is 0.346 e. The first-order valence-corrected chi connectivity index (χ1v) is 10.7. The smallest absolute Gasteiger partial charge is 0.346 e. The second-order valence-electron chi connectivity index (χ2n) is 6.82. The fourth-order valence-corrected chi connectivity index (χ4v) is 6.01. The maximum atomic E-state index is 12.2. The van der Waals surface area contributed by atoms with E-state index in [2.05, 4.69) is 30.4 Å². The summed E-state index contributed by atoms with van der Waals surface area (Å²) in [5.41, 5.74) is 3.57. The van der Waals surface area contributed by atoms with Crippen LogP contribution in [0.1, 0.15) is 31.9 Å². The minimum Gasteiger partial charge on any atom is -0.465 e. The number of ether oxygens (including phenoxy) is 2. The zero-order valence-corrected chi connectivity index (χ0v) is 18.7. The number of benzene rings is 1. The number of hydrogen-bond donors (Lipinski definition) is 1. The van der Waals surface area contributed by atoms with E-state index in [4.69, 9.17) is 21.7 Å². The Bertz CT molecular complexity index is 917. The van der Waals surface area contributed by atoms with Gasteiger partial charge in [-0.05, 0) is 38.0 Å². The number of fused-ring (bicyclic) bond motifs is 1. The van der Waals surface area contributed by atoms with Crippen LogP contribution in [0.3, 0.4) is 0 Å². The lowest BCUT2D eigenvalue weighted by Crippen LogP contribution is -2.43. The van der Waals surface area contributed by atoms with Crippen LogP contribution in [-0.4, -0.2) is 36.6 Å². The highest BCUT2D eigenvalue weighted by Gasteiger charge is 2.40. The van der Waals surface area contributed by atoms with E-state index < -0.39 is 17.5 Å². The predicted octanol–water partition coefficient (Wildman–Crippen LogP) is 4.53. The van der Waals surface area contributed by atoms with Crippen LogP contribution in [-0.2, 0) is 25.5 Å². The van der Waals surface area contributed by atoms with Crippen molar-refractivity contribution in [2.45, 2.75) is 32.7 Å². The molecule has 2 aliphatic heterocycles. The summed E-state index contributed by atoms with van der Waals surface area (Å²) in [4.78, 5) is 25.7. The third-order valence-electron chi connectivity index (χ3n) is 4.54. The van der Waals surface area contributed by atoms with E-state index in [1.54, 1.807) is 0 Å². The molecule has 2 heterocycles. The van der Waals surface area contributed by atoms with Gasteiger partial charge in [-0.2, -0.15) is 0 Å². The Labute approximate surface area is 178 Å². The molecule has 148 valence electrons. The van der Waals surface area contributed by atoms with Crippen molar-refractivity contribution in [3.05, 3.63) is 43.4 Å². The number of nitrogens with one attached hydrogen (secondary N) is 1. The van der Waals surface area contributed by atoms with Gasteiger partial charge in [0.05, 0.1) is 24.0 Å². The molecule has 0 unspecified atom stereocenters. The van der Waals surface area contributed by atoms with Crippen LogP contribution in [0.5, 0.6) is 0 Å². The molecular formula is C20H21NO4S3. The highest BCUT2D eigenvalue weighted by atomic mass is 32.2. The predicted molar refractivity (Wildman–Crippen MR) is 119 cm³/mol. The van der Waals surface area contributed by atoms with Crippen LogP contribution in [0.15, 0.2) is 32.2 Å². The van der Waals surface area contributed by atoms with Crippen molar-refractivity contribution < 1.29 is 19.1 Å². The van der Waals surface area contributed by atoms with E-state index in [1.807, 2.05) is 13.8 Å². The molecule has 3 rings (SSSR count). The summed E-state index contributed by atoms with van der Waals surface area (Å²) in [6, 6.07) is 6.26. The number of anilines is 1. The summed E-state index contributed by atoms with van der Waals surface area (Å²) in [5.74, 6) is -1.12. The molecule has 1 N–H and O–H groups in total. The molecule has 0 amide bonds. The van der Waals surface area contributed by atoms with E-state index in [-0.39, 0.29) is 9.81 Å². The van der Waals surface area contributed by atoms with E-state index in [0.29, 0.717) is 0 Å². The van der Waals surface area contributed by atoms with Gasteiger partial charge in [-0.3, -0.25) is 0 Å². The summed E-state index contributed by atoms with van der Waals surface area (Å²) >= 11 is 8.25. The molecule has 28 heavy (non-hydrogen) atoms. The summed E-state index contributed by atoms with van der Waals surface area (Å²) in [7, 11) is 2.59. The minimum atomic E-state index is -0.560. The van der Waals surface area contributed by atoms with Crippen LogP contribution in [0.4, 0.5) is 5.69 Å². The third kappa shape index (κ3) is 3.60. The molecular weight excluding hydrogens is 414 g/mol. The Hall–Kier alpha value is -1.77. The van der Waals surface area contributed by atoms with Gasteiger partial charge in [0.15, 0.2) is 0 Å². The van der Waals surface area contributed by atoms with Gasteiger partial charge in [-0.15, -0.1) is 0 Å². The van der Waals surface area contributed by atoms with Crippen molar-refractivity contribution in [1.29, 1.82) is 0 Å². The zero-order chi connectivity index (χ0) is 20.6. The van der Waals surface area contributed by atoms with Crippen LogP contribution in [0, 0.1) is 0 Å². The van der Waals surface area contributed by atoms with Gasteiger partial charge >= 0.3 is 11.9 Å². The average molecular weight is 436 g/mol. The second kappa shape index (κ2) is 7.93. The Morgan fingerprint density at radius 2 is 1.68 bits per heavy atom. The summed E-state index contributed by atoms with van der Waals surface area (Å²) < 4.78 is 10.5. The summed E-state index contributed by atoms with van der Waals surface area (Å²) in [6.07, 6.45) is 0.894. The normalized spacial score (nSPS) is 18.0. The quantitative estimate of drug-likeness (QED) is 0.422. The fraction of sp³-hybridized carbons (Fsp3) is 0.350. The lowest BCUT2D eigenvalue weighted by Gasteiger charge is -2.37. The standard InChI is InChI=1S/C20H21NO4S3/c1-6-10-7-8-12-11(9-10)13(16(26)20(2,3)21-12)19-27-14(17(22)24-4)15(28-19)18(23)25-5/h7-9,21H,6H2,1-5H3. The molecule has 0 radical (unpaired) electrons. The van der Waals surface area contributed by atoms with Gasteiger partial charge in [0, 0.05) is 21.7 Å². The zero-order valence-electron chi connectivity index (χ0n) is 16.3. The van der Waals surface area contributed by atoms with Crippen molar-refractivity contribution in [2.24, 2.45) is 0 Å². The first-order chi connectivity index (χ1) is 13.2. The Morgan fingerprint density at radius 1 is 1.11 bits per heavy atom. The Kier molecular flexibility index (Phi) is 5.93. The molecule has 0 bridgehead atoms. The third-order valence-corrected chi connectivity index (χ3v) is 7.82. The monoisotopic (exact) mass is 435 g/mol. The van der Waals surface area contributed by atoms with E-state index >= 15 is 0 Å². The Morgan fingerprint density at radius 3 is 2.18 bits per heavy atom. The number of methoxy groups -OCH3 is 2. The fourth-order valence-electron chi connectivity index (χ4n) is 3.01. The molecule has 1 aromatic carbocycles.